The summed E-state index contributed by atoms with van der Waals surface area (Å²) in [7, 11) is 0. The summed E-state index contributed by atoms with van der Waals surface area (Å²) < 4.78 is 0. The molecule has 0 bridgehead atoms. The van der Waals surface area contributed by atoms with Gasteiger partial charge in [-0.25, -0.2) is 0 Å². The van der Waals surface area contributed by atoms with Crippen LogP contribution >= 0.6 is 0 Å². The van der Waals surface area contributed by atoms with Crippen LogP contribution in [-0.2, 0) is 0 Å². The molecule has 0 saturated heterocycles. The van der Waals surface area contributed by atoms with Crippen LogP contribution in [0.2, 0.25) is 0 Å². The predicted octanol–water partition coefficient (Wildman–Crippen LogP) is 10.9. The van der Waals surface area contributed by atoms with Crippen molar-refractivity contribution in [3.63, 3.8) is 0 Å². The van der Waals surface area contributed by atoms with E-state index in [4.69, 9.17) is 4.98 Å². The van der Waals surface area contributed by atoms with Crippen molar-refractivity contribution < 1.29 is 0 Å². The Morgan fingerprint density at radius 1 is 0.837 bits per heavy atom. The van der Waals surface area contributed by atoms with Gasteiger partial charge in [0.25, 0.3) is 0 Å². The molecule has 43 heavy (non-hydrogen) atoms. The number of benzene rings is 3. The van der Waals surface area contributed by atoms with Crippen LogP contribution < -0.4 is 4.90 Å². The topological polar surface area (TPSA) is 28.5 Å². The Kier molecular flexibility index (Phi) is 9.56. The fourth-order valence-corrected chi connectivity index (χ4v) is 5.12. The number of nitrogens with zero attached hydrogens (tertiary/aromatic N) is 3. The summed E-state index contributed by atoms with van der Waals surface area (Å²) in [6.07, 6.45) is 18.4. The molecule has 4 aromatic rings. The fourth-order valence-electron chi connectivity index (χ4n) is 5.12. The highest BCUT2D eigenvalue weighted by molar-refractivity contribution is 5.84. The summed E-state index contributed by atoms with van der Waals surface area (Å²) >= 11 is 0. The second-order valence-electron chi connectivity index (χ2n) is 10.4. The zero-order valence-electron chi connectivity index (χ0n) is 24.9. The molecule has 3 nitrogen and oxygen atoms in total. The molecule has 212 valence electrons. The first-order valence-corrected chi connectivity index (χ1v) is 14.7. The molecule has 0 amide bonds. The van der Waals surface area contributed by atoms with Gasteiger partial charge in [0.15, 0.2) is 0 Å². The second kappa shape index (κ2) is 14.1. The van der Waals surface area contributed by atoms with E-state index >= 15 is 0 Å². The molecule has 0 fully saturated rings. The maximum Gasteiger partial charge on any atom is 0.0702 e. The van der Waals surface area contributed by atoms with Crippen molar-refractivity contribution >= 4 is 23.2 Å². The maximum absolute atomic E-state index is 4.70. The first-order valence-electron chi connectivity index (χ1n) is 14.7. The zero-order chi connectivity index (χ0) is 30.0. The SMILES string of the molecule is C=CC=NC(=C)C(C)=C/C(=C\C)N(c1ccc(-c2ccccc2)cc1)c1cc(C2=CCCC=C2)cc(-c2ccccn2)c1. The van der Waals surface area contributed by atoms with Gasteiger partial charge in [0.2, 0.25) is 0 Å². The van der Waals surface area contributed by atoms with E-state index in [0.717, 1.165) is 52.3 Å². The molecule has 1 aliphatic rings. The number of pyridine rings is 1. The third kappa shape index (κ3) is 7.14. The number of hydrogen-bond acceptors (Lipinski definition) is 3. The quantitative estimate of drug-likeness (QED) is 0.143. The van der Waals surface area contributed by atoms with Crippen molar-refractivity contribution in [2.45, 2.75) is 26.7 Å². The molecule has 0 saturated carbocycles. The molecule has 5 rings (SSSR count). The fraction of sp³-hybridized carbons (Fsp3) is 0.100. The first kappa shape index (κ1) is 29.2. The normalized spacial score (nSPS) is 13.6. The van der Waals surface area contributed by atoms with Crippen LogP contribution in [0.5, 0.6) is 0 Å². The average Bonchev–Trinajstić information content (AvgIpc) is 3.08. The summed E-state index contributed by atoms with van der Waals surface area (Å²) in [6, 6.07) is 32.0. The van der Waals surface area contributed by atoms with Crippen LogP contribution in [0.25, 0.3) is 28.0 Å². The number of rotatable bonds is 10. The Balaban J connectivity index is 1.69. The summed E-state index contributed by atoms with van der Waals surface area (Å²) in [6.45, 7) is 12.0. The Morgan fingerprint density at radius 3 is 2.26 bits per heavy atom. The van der Waals surface area contributed by atoms with Crippen molar-refractivity contribution in [3.8, 4) is 22.4 Å². The average molecular weight is 560 g/mol. The smallest absolute Gasteiger partial charge is 0.0702 e. The lowest BCUT2D eigenvalue weighted by atomic mass is 9.95. The van der Waals surface area contributed by atoms with E-state index in [1.165, 1.54) is 16.7 Å². The van der Waals surface area contributed by atoms with Gasteiger partial charge in [-0.3, -0.25) is 9.98 Å². The third-order valence-corrected chi connectivity index (χ3v) is 7.41. The van der Waals surface area contributed by atoms with E-state index in [1.54, 1.807) is 12.3 Å². The van der Waals surface area contributed by atoms with Crippen LogP contribution in [0.1, 0.15) is 32.3 Å². The molecule has 1 heterocycles. The highest BCUT2D eigenvalue weighted by Crippen LogP contribution is 2.38. The molecule has 0 atom stereocenters. The minimum absolute atomic E-state index is 0.694. The van der Waals surface area contributed by atoms with E-state index in [1.807, 2.05) is 31.3 Å². The number of aromatic nitrogens is 1. The Hall–Kier alpha value is -5.28. The highest BCUT2D eigenvalue weighted by atomic mass is 15.1. The van der Waals surface area contributed by atoms with Crippen LogP contribution in [-0.4, -0.2) is 11.2 Å². The standard InChI is InChI=1S/C40H37N3/c1-5-24-41-31(4)30(3)26-37(6-2)43(38-22-20-34(21-23-38)32-15-9-7-10-16-32)39-28-35(33-17-11-8-12-18-33)27-36(29-39)40-19-13-14-25-42-40/h5-7,9-11,13-29H,1,4,8,12H2,2-3H3/b30-26?,37-6+,41-24?. The number of anilines is 2. The third-order valence-electron chi connectivity index (χ3n) is 7.41. The Morgan fingerprint density at radius 2 is 1.58 bits per heavy atom. The zero-order valence-corrected chi connectivity index (χ0v) is 24.9. The van der Waals surface area contributed by atoms with Gasteiger partial charge in [-0.1, -0.05) is 92.1 Å². The van der Waals surface area contributed by atoms with Crippen LogP contribution in [0.3, 0.4) is 0 Å². The van der Waals surface area contributed by atoms with Gasteiger partial charge < -0.3 is 4.90 Å². The van der Waals surface area contributed by atoms with Gasteiger partial charge in [0.1, 0.15) is 0 Å². The van der Waals surface area contributed by atoms with Crippen molar-refractivity contribution in [2.75, 3.05) is 4.90 Å². The maximum atomic E-state index is 4.70. The number of allylic oxidation sites excluding steroid dienone is 8. The first-order chi connectivity index (χ1) is 21.1. The monoisotopic (exact) mass is 559 g/mol. The van der Waals surface area contributed by atoms with E-state index in [0.29, 0.717) is 5.70 Å². The van der Waals surface area contributed by atoms with Gasteiger partial charge in [-0.2, -0.15) is 0 Å². The lowest BCUT2D eigenvalue weighted by Crippen LogP contribution is -2.16. The summed E-state index contributed by atoms with van der Waals surface area (Å²) in [5, 5.41) is 0. The molecule has 1 aliphatic carbocycles. The molecule has 0 aliphatic heterocycles. The van der Waals surface area contributed by atoms with Gasteiger partial charge in [-0.05, 0) is 103 Å². The molecule has 3 aromatic carbocycles. The Bertz CT molecular complexity index is 1730. The van der Waals surface area contributed by atoms with Crippen LogP contribution in [0.15, 0.2) is 169 Å². The Labute approximate surface area is 256 Å². The van der Waals surface area contributed by atoms with E-state index in [2.05, 4.69) is 133 Å². The van der Waals surface area contributed by atoms with Crippen molar-refractivity contribution in [2.24, 2.45) is 4.99 Å². The minimum Gasteiger partial charge on any atom is -0.311 e. The van der Waals surface area contributed by atoms with E-state index < -0.39 is 0 Å². The summed E-state index contributed by atoms with van der Waals surface area (Å²) in [5.74, 6) is 0. The number of hydrogen-bond donors (Lipinski definition) is 0. The second-order valence-corrected chi connectivity index (χ2v) is 10.4. The predicted molar refractivity (Wildman–Crippen MR) is 185 cm³/mol. The lowest BCUT2D eigenvalue weighted by Gasteiger charge is -2.28. The lowest BCUT2D eigenvalue weighted by molar-refractivity contribution is 1.04. The van der Waals surface area contributed by atoms with E-state index in [9.17, 15) is 0 Å². The molecule has 0 unspecified atom stereocenters. The molecule has 1 aromatic heterocycles. The highest BCUT2D eigenvalue weighted by Gasteiger charge is 2.18. The molecule has 0 radical (unpaired) electrons. The summed E-state index contributed by atoms with van der Waals surface area (Å²) in [5.41, 5.74) is 11.5. The van der Waals surface area contributed by atoms with Crippen LogP contribution in [0, 0.1) is 0 Å². The van der Waals surface area contributed by atoms with Crippen molar-refractivity contribution in [1.29, 1.82) is 0 Å². The van der Waals surface area contributed by atoms with Crippen LogP contribution in [0.4, 0.5) is 11.4 Å². The molecular formula is C40H37N3. The van der Waals surface area contributed by atoms with Gasteiger partial charge >= 0.3 is 0 Å². The molecule has 3 heteroatoms. The van der Waals surface area contributed by atoms with Gasteiger partial charge in [0.05, 0.1) is 11.4 Å². The molecular weight excluding hydrogens is 522 g/mol. The molecule has 0 N–H and O–H groups in total. The molecule has 0 spiro atoms. The van der Waals surface area contributed by atoms with Gasteiger partial charge in [-0.15, -0.1) is 0 Å². The number of aliphatic imine (C=N–C) groups is 1. The van der Waals surface area contributed by atoms with E-state index in [-0.39, 0.29) is 0 Å². The largest absolute Gasteiger partial charge is 0.311 e. The van der Waals surface area contributed by atoms with Crippen molar-refractivity contribution in [1.82, 2.24) is 4.98 Å². The van der Waals surface area contributed by atoms with Crippen molar-refractivity contribution in [3.05, 3.63) is 169 Å². The van der Waals surface area contributed by atoms with Gasteiger partial charge in [0, 0.05) is 35.0 Å². The summed E-state index contributed by atoms with van der Waals surface area (Å²) in [4.78, 5) is 11.4. The minimum atomic E-state index is 0.694.